The minimum Gasteiger partial charge on any atom is -0.374 e. The molecule has 1 N–H and O–H groups in total. The van der Waals surface area contributed by atoms with E-state index in [9.17, 15) is 9.00 Å². The van der Waals surface area contributed by atoms with Gasteiger partial charge in [0.2, 0.25) is 6.41 Å². The smallest absolute Gasteiger partial charge is 0.211 e. The van der Waals surface area contributed by atoms with Gasteiger partial charge < -0.3 is 10.2 Å². The zero-order valence-electron chi connectivity index (χ0n) is 20.8. The summed E-state index contributed by atoms with van der Waals surface area (Å²) in [6.45, 7) is 9.40. The molecule has 1 unspecified atom stereocenters. The number of aryl methyl sites for hydroxylation is 1. The summed E-state index contributed by atoms with van der Waals surface area (Å²) in [4.78, 5) is 14.7. The number of nitrogens with zero attached hydrogens (tertiary/aromatic N) is 2. The molecule has 1 aromatic rings. The molecule has 1 aliphatic rings. The summed E-state index contributed by atoms with van der Waals surface area (Å²) < 4.78 is 13.8. The maximum Gasteiger partial charge on any atom is 0.211 e. The van der Waals surface area contributed by atoms with E-state index in [1.807, 2.05) is 46.2 Å². The number of amides is 1. The van der Waals surface area contributed by atoms with Crippen molar-refractivity contribution in [3.63, 3.8) is 0 Å². The maximum absolute atomic E-state index is 12.0. The molecule has 1 aromatic carbocycles. The Morgan fingerprint density at radius 3 is 2.38 bits per heavy atom. The van der Waals surface area contributed by atoms with Gasteiger partial charge in [-0.25, -0.2) is 8.51 Å². The van der Waals surface area contributed by atoms with E-state index in [-0.39, 0.29) is 0 Å². The van der Waals surface area contributed by atoms with Gasteiger partial charge in [-0.3, -0.25) is 4.79 Å². The molecule has 1 amide bonds. The third kappa shape index (κ3) is 9.51. The van der Waals surface area contributed by atoms with Crippen LogP contribution < -0.4 is 10.2 Å². The van der Waals surface area contributed by atoms with E-state index >= 15 is 0 Å². The van der Waals surface area contributed by atoms with Crippen LogP contribution in [0.25, 0.3) is 0 Å². The van der Waals surface area contributed by atoms with Crippen LogP contribution in [0.5, 0.6) is 0 Å². The molecule has 0 heterocycles. The zero-order chi connectivity index (χ0) is 24.1. The van der Waals surface area contributed by atoms with Gasteiger partial charge in [0.05, 0.1) is 9.92 Å². The minimum absolute atomic E-state index is 0.720. The fourth-order valence-corrected chi connectivity index (χ4v) is 5.17. The predicted molar refractivity (Wildman–Crippen MR) is 141 cm³/mol. The van der Waals surface area contributed by atoms with E-state index in [1.54, 1.807) is 16.1 Å². The average Bonchev–Trinajstić information content (AvgIpc) is 2.74. The first-order chi connectivity index (χ1) is 15.3. The van der Waals surface area contributed by atoms with Crippen molar-refractivity contribution in [3.05, 3.63) is 45.8 Å². The molecular formula is C25H41N3O2S2. The van der Waals surface area contributed by atoms with E-state index in [2.05, 4.69) is 43.3 Å². The lowest BCUT2D eigenvalue weighted by Crippen LogP contribution is -2.29. The number of carbonyl (C=O) groups is 1. The number of hydrogen-bond donors (Lipinski definition) is 1. The lowest BCUT2D eigenvalue weighted by molar-refractivity contribution is -0.108. The molecule has 32 heavy (non-hydrogen) atoms. The fourth-order valence-electron chi connectivity index (χ4n) is 3.39. The zero-order valence-corrected chi connectivity index (χ0v) is 22.4. The summed E-state index contributed by atoms with van der Waals surface area (Å²) in [5.74, 6) is 0.861. The molecule has 0 radical (unpaired) electrons. The van der Waals surface area contributed by atoms with E-state index < -0.39 is 11.0 Å². The molecule has 1 fully saturated rings. The highest BCUT2D eigenvalue weighted by Gasteiger charge is 2.20. The second kappa shape index (κ2) is 15.3. The molecule has 0 aliphatic heterocycles. The molecule has 180 valence electrons. The van der Waals surface area contributed by atoms with Crippen molar-refractivity contribution in [2.24, 2.45) is 5.92 Å². The van der Waals surface area contributed by atoms with Crippen molar-refractivity contribution in [1.82, 2.24) is 9.62 Å². The van der Waals surface area contributed by atoms with Gasteiger partial charge in [-0.05, 0) is 88.2 Å². The molecule has 1 atom stereocenters. The monoisotopic (exact) mass is 479 g/mol. The number of allylic oxidation sites excluding steroid dienone is 3. The molecule has 0 spiro atoms. The lowest BCUT2D eigenvalue weighted by Gasteiger charge is -2.32. The number of rotatable bonds is 11. The third-order valence-electron chi connectivity index (χ3n) is 5.37. The van der Waals surface area contributed by atoms with Crippen LogP contribution in [0.2, 0.25) is 0 Å². The molecule has 0 aromatic heterocycles. The highest BCUT2D eigenvalue weighted by Crippen LogP contribution is 2.30. The number of hydrogen-bond acceptors (Lipinski definition) is 4. The maximum atomic E-state index is 12.0. The summed E-state index contributed by atoms with van der Waals surface area (Å²) in [6, 6.07) is 6.13. The van der Waals surface area contributed by atoms with E-state index in [1.165, 1.54) is 35.4 Å². The van der Waals surface area contributed by atoms with Crippen LogP contribution in [0.3, 0.4) is 0 Å². The first-order valence-electron chi connectivity index (χ1n) is 11.4. The van der Waals surface area contributed by atoms with Gasteiger partial charge in [0, 0.05) is 19.3 Å². The Kier molecular flexibility index (Phi) is 13.6. The van der Waals surface area contributed by atoms with Crippen molar-refractivity contribution in [2.75, 3.05) is 32.6 Å². The Bertz CT molecular complexity index is 802. The van der Waals surface area contributed by atoms with Gasteiger partial charge in [-0.2, -0.15) is 0 Å². The van der Waals surface area contributed by atoms with Crippen LogP contribution in [-0.4, -0.2) is 42.6 Å². The van der Waals surface area contributed by atoms with Crippen molar-refractivity contribution < 1.29 is 9.00 Å². The molecule has 5 nitrogen and oxygen atoms in total. The summed E-state index contributed by atoms with van der Waals surface area (Å²) in [5.41, 5.74) is 2.46. The van der Waals surface area contributed by atoms with Crippen LogP contribution in [0.4, 0.5) is 5.69 Å². The number of thioether (sulfide) groups is 1. The number of benzene rings is 1. The molecule has 7 heteroatoms. The van der Waals surface area contributed by atoms with Crippen molar-refractivity contribution in [1.29, 1.82) is 0 Å². The summed E-state index contributed by atoms with van der Waals surface area (Å²) >= 11 is 1.62. The molecule has 1 aliphatic carbocycles. The standard InChI is InChI=1S/C15H24N2OS.C10H17NOS/c1-12-10-14(19(18)16(2)3)8-9-15(12)17(4)11-13-6-5-7-13;1-4-7-10(11-8-12)13-9(5-2)6-3/h8-10,13H,5-7,11H2,1-4H3;5,7-8H,4,6H2,1-3H3,(H,11,12)/b;9-5-,10-7+. The lowest BCUT2D eigenvalue weighted by atomic mass is 9.85. The first-order valence-corrected chi connectivity index (χ1v) is 13.3. The van der Waals surface area contributed by atoms with Crippen LogP contribution >= 0.6 is 11.8 Å². The van der Waals surface area contributed by atoms with Crippen LogP contribution in [0, 0.1) is 12.8 Å². The molecule has 1 saturated carbocycles. The van der Waals surface area contributed by atoms with Crippen molar-refractivity contribution in [2.45, 2.75) is 64.7 Å². The average molecular weight is 480 g/mol. The van der Waals surface area contributed by atoms with Crippen LogP contribution in [0.15, 0.2) is 45.2 Å². The number of nitrogens with one attached hydrogen (secondary N) is 1. The quantitative estimate of drug-likeness (QED) is 0.405. The SMILES string of the molecule is C/C=C(/CC)S/C(=C/CC)NC=O.Cc1cc(S(=O)N(C)C)ccc1N(C)CC1CCC1. The molecule has 2 rings (SSSR count). The van der Waals surface area contributed by atoms with Gasteiger partial charge in [0.1, 0.15) is 11.0 Å². The van der Waals surface area contributed by atoms with E-state index in [4.69, 9.17) is 0 Å². The molecular weight excluding hydrogens is 438 g/mol. The van der Waals surface area contributed by atoms with Crippen molar-refractivity contribution in [3.8, 4) is 0 Å². The number of carbonyl (C=O) groups excluding carboxylic acids is 1. The topological polar surface area (TPSA) is 52.7 Å². The van der Waals surface area contributed by atoms with Gasteiger partial charge in [0.25, 0.3) is 0 Å². The highest BCUT2D eigenvalue weighted by molar-refractivity contribution is 8.06. The normalized spacial score (nSPS) is 15.5. The minimum atomic E-state index is -1.05. The molecule has 0 bridgehead atoms. The van der Waals surface area contributed by atoms with Crippen LogP contribution in [0.1, 0.15) is 58.4 Å². The van der Waals surface area contributed by atoms with Gasteiger partial charge in [0.15, 0.2) is 0 Å². The highest BCUT2D eigenvalue weighted by atomic mass is 32.2. The first kappa shape index (κ1) is 28.5. The Hall–Kier alpha value is -1.57. The summed E-state index contributed by atoms with van der Waals surface area (Å²) in [6.07, 6.45) is 10.9. The van der Waals surface area contributed by atoms with E-state index in [0.717, 1.165) is 41.6 Å². The summed E-state index contributed by atoms with van der Waals surface area (Å²) in [5, 5.41) is 3.61. The fraction of sp³-hybridized carbons (Fsp3) is 0.560. The second-order valence-electron chi connectivity index (χ2n) is 8.14. The van der Waals surface area contributed by atoms with Gasteiger partial charge >= 0.3 is 0 Å². The third-order valence-corrected chi connectivity index (χ3v) is 7.98. The Balaban J connectivity index is 0.000000347. The Labute approximate surface area is 202 Å². The van der Waals surface area contributed by atoms with E-state index in [0.29, 0.717) is 0 Å². The molecule has 0 saturated heterocycles. The Morgan fingerprint density at radius 1 is 1.25 bits per heavy atom. The predicted octanol–water partition coefficient (Wildman–Crippen LogP) is 5.85. The second-order valence-corrected chi connectivity index (χ2v) is 11.0. The van der Waals surface area contributed by atoms with Crippen LogP contribution in [-0.2, 0) is 15.8 Å². The summed E-state index contributed by atoms with van der Waals surface area (Å²) in [7, 11) is 4.77. The Morgan fingerprint density at radius 2 is 1.94 bits per heavy atom. The van der Waals surface area contributed by atoms with Gasteiger partial charge in [-0.15, -0.1) is 0 Å². The number of anilines is 1. The van der Waals surface area contributed by atoms with Gasteiger partial charge in [-0.1, -0.05) is 44.2 Å². The largest absolute Gasteiger partial charge is 0.374 e. The van der Waals surface area contributed by atoms with Crippen molar-refractivity contribution >= 4 is 34.8 Å².